The standard InChI is InChI=1S/C23H16N2O2/c1-27-23(26)16-8-6-15(7-9-16)22-24-20-13-12-18-17-5-3-2-4-14(17)10-11-19(18)21(20)25-22/h2-13H,1H3,(H,24,25). The van der Waals surface area contributed by atoms with Crippen LogP contribution in [0.1, 0.15) is 10.4 Å². The van der Waals surface area contributed by atoms with Crippen LogP contribution in [-0.2, 0) is 4.74 Å². The van der Waals surface area contributed by atoms with Crippen molar-refractivity contribution < 1.29 is 9.53 Å². The third-order valence-electron chi connectivity index (χ3n) is 4.95. The molecule has 4 nitrogen and oxygen atoms in total. The largest absolute Gasteiger partial charge is 0.465 e. The van der Waals surface area contributed by atoms with Crippen molar-refractivity contribution in [2.75, 3.05) is 7.11 Å². The number of carbonyl (C=O) groups is 1. The van der Waals surface area contributed by atoms with Crippen LogP contribution in [-0.4, -0.2) is 23.0 Å². The van der Waals surface area contributed by atoms with Crippen LogP contribution in [0.15, 0.2) is 72.8 Å². The molecule has 4 aromatic carbocycles. The fourth-order valence-corrected chi connectivity index (χ4v) is 3.58. The average Bonchev–Trinajstić information content (AvgIpc) is 3.17. The molecule has 0 aliphatic carbocycles. The molecule has 4 heteroatoms. The molecule has 0 amide bonds. The van der Waals surface area contributed by atoms with E-state index in [0.717, 1.165) is 27.8 Å². The van der Waals surface area contributed by atoms with Crippen molar-refractivity contribution in [2.24, 2.45) is 0 Å². The Labute approximate surface area is 155 Å². The van der Waals surface area contributed by atoms with Crippen LogP contribution in [0, 0.1) is 0 Å². The van der Waals surface area contributed by atoms with Gasteiger partial charge >= 0.3 is 5.97 Å². The highest BCUT2D eigenvalue weighted by atomic mass is 16.5. The molecule has 1 aromatic heterocycles. The Morgan fingerprint density at radius 3 is 2.44 bits per heavy atom. The summed E-state index contributed by atoms with van der Waals surface area (Å²) in [6, 6.07) is 24.1. The molecule has 0 aliphatic rings. The fourth-order valence-electron chi connectivity index (χ4n) is 3.58. The van der Waals surface area contributed by atoms with Gasteiger partial charge in [-0.25, -0.2) is 9.78 Å². The number of hydrogen-bond donors (Lipinski definition) is 1. The number of nitrogens with one attached hydrogen (secondary N) is 1. The molecule has 0 aliphatic heterocycles. The smallest absolute Gasteiger partial charge is 0.337 e. The lowest BCUT2D eigenvalue weighted by Gasteiger charge is -2.03. The molecule has 0 atom stereocenters. The maximum absolute atomic E-state index is 11.6. The van der Waals surface area contributed by atoms with Gasteiger partial charge in [0.15, 0.2) is 0 Å². The summed E-state index contributed by atoms with van der Waals surface area (Å²) >= 11 is 0. The first-order valence-corrected chi connectivity index (χ1v) is 8.73. The molecule has 0 saturated heterocycles. The van der Waals surface area contributed by atoms with Crippen LogP contribution < -0.4 is 0 Å². The van der Waals surface area contributed by atoms with Gasteiger partial charge in [-0.2, -0.15) is 0 Å². The van der Waals surface area contributed by atoms with E-state index in [1.807, 2.05) is 12.1 Å². The summed E-state index contributed by atoms with van der Waals surface area (Å²) in [7, 11) is 1.38. The van der Waals surface area contributed by atoms with Gasteiger partial charge in [-0.1, -0.05) is 54.6 Å². The van der Waals surface area contributed by atoms with Gasteiger partial charge in [-0.15, -0.1) is 0 Å². The van der Waals surface area contributed by atoms with Crippen molar-refractivity contribution in [1.29, 1.82) is 0 Å². The number of carbonyl (C=O) groups excluding carboxylic acids is 1. The van der Waals surface area contributed by atoms with Crippen molar-refractivity contribution in [3.8, 4) is 11.4 Å². The number of ether oxygens (including phenoxy) is 1. The highest BCUT2D eigenvalue weighted by Gasteiger charge is 2.11. The van der Waals surface area contributed by atoms with Crippen LogP contribution in [0.3, 0.4) is 0 Å². The molecule has 1 N–H and O–H groups in total. The molecular formula is C23H16N2O2. The molecule has 1 heterocycles. The minimum atomic E-state index is -0.343. The number of methoxy groups -OCH3 is 1. The van der Waals surface area contributed by atoms with Gasteiger partial charge in [0.1, 0.15) is 5.82 Å². The Hall–Kier alpha value is -3.66. The number of hydrogen-bond acceptors (Lipinski definition) is 3. The molecule has 0 saturated carbocycles. The second-order valence-corrected chi connectivity index (χ2v) is 6.50. The van der Waals surface area contributed by atoms with E-state index in [1.165, 1.54) is 23.3 Å². The van der Waals surface area contributed by atoms with Gasteiger partial charge < -0.3 is 9.72 Å². The Morgan fingerprint density at radius 2 is 1.63 bits per heavy atom. The lowest BCUT2D eigenvalue weighted by Crippen LogP contribution is -2.00. The molecule has 0 fully saturated rings. The molecule has 0 spiro atoms. The second kappa shape index (κ2) is 5.95. The molecule has 5 aromatic rings. The summed E-state index contributed by atoms with van der Waals surface area (Å²) in [4.78, 5) is 19.8. The van der Waals surface area contributed by atoms with Gasteiger partial charge in [0, 0.05) is 10.9 Å². The predicted molar refractivity (Wildman–Crippen MR) is 108 cm³/mol. The molecule has 0 bridgehead atoms. The van der Waals surface area contributed by atoms with Crippen LogP contribution in [0.25, 0.3) is 44.0 Å². The zero-order chi connectivity index (χ0) is 18.4. The SMILES string of the molecule is COC(=O)c1ccc(-c2nc3c(ccc4c5ccccc5ccc43)[nH]2)cc1. The van der Waals surface area contributed by atoms with Gasteiger partial charge in [-0.3, -0.25) is 0 Å². The first kappa shape index (κ1) is 15.6. The van der Waals surface area contributed by atoms with E-state index in [0.29, 0.717) is 5.56 Å². The Bertz CT molecular complexity index is 1320. The third kappa shape index (κ3) is 2.46. The number of nitrogens with zero attached hydrogens (tertiary/aromatic N) is 1. The minimum Gasteiger partial charge on any atom is -0.465 e. The number of rotatable bonds is 2. The summed E-state index contributed by atoms with van der Waals surface area (Å²) in [6.07, 6.45) is 0. The molecular weight excluding hydrogens is 336 g/mol. The average molecular weight is 352 g/mol. The van der Waals surface area contributed by atoms with Gasteiger partial charge in [0.25, 0.3) is 0 Å². The number of aromatic amines is 1. The van der Waals surface area contributed by atoms with Crippen molar-refractivity contribution in [1.82, 2.24) is 9.97 Å². The van der Waals surface area contributed by atoms with Crippen molar-refractivity contribution >= 4 is 38.5 Å². The molecule has 5 rings (SSSR count). The van der Waals surface area contributed by atoms with Crippen LogP contribution >= 0.6 is 0 Å². The molecule has 27 heavy (non-hydrogen) atoms. The van der Waals surface area contributed by atoms with E-state index in [9.17, 15) is 4.79 Å². The normalized spacial score (nSPS) is 11.3. The Balaban J connectivity index is 1.68. The minimum absolute atomic E-state index is 0.343. The van der Waals surface area contributed by atoms with E-state index >= 15 is 0 Å². The number of aromatic nitrogens is 2. The third-order valence-corrected chi connectivity index (χ3v) is 4.95. The number of imidazole rings is 1. The summed E-state index contributed by atoms with van der Waals surface area (Å²) in [5.74, 6) is 0.436. The highest BCUT2D eigenvalue weighted by Crippen LogP contribution is 2.31. The lowest BCUT2D eigenvalue weighted by atomic mass is 10.0. The summed E-state index contributed by atoms with van der Waals surface area (Å²) in [5, 5.41) is 4.77. The maximum atomic E-state index is 11.6. The molecule has 0 radical (unpaired) electrons. The monoisotopic (exact) mass is 352 g/mol. The molecule has 130 valence electrons. The molecule has 0 unspecified atom stereocenters. The summed E-state index contributed by atoms with van der Waals surface area (Å²) in [5.41, 5.74) is 3.39. The number of H-pyrrole nitrogens is 1. The van der Waals surface area contributed by atoms with Crippen molar-refractivity contribution in [3.63, 3.8) is 0 Å². The second-order valence-electron chi connectivity index (χ2n) is 6.50. The zero-order valence-electron chi connectivity index (χ0n) is 14.7. The van der Waals surface area contributed by atoms with E-state index in [-0.39, 0.29) is 5.97 Å². The van der Waals surface area contributed by atoms with Crippen LogP contribution in [0.2, 0.25) is 0 Å². The van der Waals surface area contributed by atoms with E-state index < -0.39 is 0 Å². The van der Waals surface area contributed by atoms with Gasteiger partial charge in [0.2, 0.25) is 0 Å². The van der Waals surface area contributed by atoms with Crippen LogP contribution in [0.4, 0.5) is 0 Å². The first-order chi connectivity index (χ1) is 13.2. The topological polar surface area (TPSA) is 55.0 Å². The lowest BCUT2D eigenvalue weighted by molar-refractivity contribution is 0.0601. The Kier molecular flexibility index (Phi) is 3.44. The van der Waals surface area contributed by atoms with E-state index in [4.69, 9.17) is 9.72 Å². The summed E-state index contributed by atoms with van der Waals surface area (Å²) in [6.45, 7) is 0. The van der Waals surface area contributed by atoms with E-state index in [1.54, 1.807) is 12.1 Å². The number of fused-ring (bicyclic) bond motifs is 5. The summed E-state index contributed by atoms with van der Waals surface area (Å²) < 4.78 is 4.75. The van der Waals surface area contributed by atoms with Gasteiger partial charge in [-0.05, 0) is 34.4 Å². The number of esters is 1. The first-order valence-electron chi connectivity index (χ1n) is 8.73. The van der Waals surface area contributed by atoms with Crippen molar-refractivity contribution in [2.45, 2.75) is 0 Å². The predicted octanol–water partition coefficient (Wildman–Crippen LogP) is 5.32. The van der Waals surface area contributed by atoms with Crippen LogP contribution in [0.5, 0.6) is 0 Å². The quantitative estimate of drug-likeness (QED) is 0.345. The maximum Gasteiger partial charge on any atom is 0.337 e. The number of benzene rings is 4. The van der Waals surface area contributed by atoms with Crippen molar-refractivity contribution in [3.05, 3.63) is 78.4 Å². The van der Waals surface area contributed by atoms with E-state index in [2.05, 4.69) is 53.5 Å². The Morgan fingerprint density at radius 1 is 0.852 bits per heavy atom. The zero-order valence-corrected chi connectivity index (χ0v) is 14.7. The van der Waals surface area contributed by atoms with Gasteiger partial charge in [0.05, 0.1) is 23.7 Å². The highest BCUT2D eigenvalue weighted by molar-refractivity contribution is 6.15. The fraction of sp³-hybridized carbons (Fsp3) is 0.0435.